The first-order valence-electron chi connectivity index (χ1n) is 11.6. The van der Waals surface area contributed by atoms with Crippen molar-refractivity contribution in [2.45, 2.75) is 116 Å². The predicted octanol–water partition coefficient (Wildman–Crippen LogP) is 6.50. The highest BCUT2D eigenvalue weighted by Crippen LogP contribution is 2.17. The molecule has 29 heavy (non-hydrogen) atoms. The SMILES string of the molecule is CC(O)CCCCCCCCCCCC(CCCC(=O)O)OCc1ccccc1. The second kappa shape index (κ2) is 17.5. The van der Waals surface area contributed by atoms with Gasteiger partial charge in [-0.25, -0.2) is 0 Å². The number of aliphatic carboxylic acids is 1. The van der Waals surface area contributed by atoms with Gasteiger partial charge in [0.05, 0.1) is 18.8 Å². The molecule has 2 N–H and O–H groups in total. The summed E-state index contributed by atoms with van der Waals surface area (Å²) in [7, 11) is 0. The van der Waals surface area contributed by atoms with Gasteiger partial charge in [-0.2, -0.15) is 0 Å². The Morgan fingerprint density at radius 2 is 1.34 bits per heavy atom. The first kappa shape index (κ1) is 25.6. The lowest BCUT2D eigenvalue weighted by atomic mass is 10.0. The molecule has 2 unspecified atom stereocenters. The monoisotopic (exact) mass is 406 g/mol. The number of carboxylic acid groups (broad SMARTS) is 1. The zero-order valence-electron chi connectivity index (χ0n) is 18.4. The van der Waals surface area contributed by atoms with Crippen molar-refractivity contribution < 1.29 is 19.7 Å². The van der Waals surface area contributed by atoms with Crippen molar-refractivity contribution in [1.29, 1.82) is 0 Å². The van der Waals surface area contributed by atoms with Gasteiger partial charge in [0, 0.05) is 6.42 Å². The quantitative estimate of drug-likeness (QED) is 0.257. The van der Waals surface area contributed by atoms with Crippen LogP contribution in [0.25, 0.3) is 0 Å². The lowest BCUT2D eigenvalue weighted by Crippen LogP contribution is -2.14. The first-order valence-corrected chi connectivity index (χ1v) is 11.6. The van der Waals surface area contributed by atoms with Crippen LogP contribution >= 0.6 is 0 Å². The van der Waals surface area contributed by atoms with E-state index in [9.17, 15) is 9.90 Å². The number of hydrogen-bond donors (Lipinski definition) is 2. The minimum atomic E-state index is -0.724. The number of benzene rings is 1. The molecule has 1 aromatic carbocycles. The van der Waals surface area contributed by atoms with Crippen molar-refractivity contribution >= 4 is 5.97 Å². The van der Waals surface area contributed by atoms with Gasteiger partial charge in [0.15, 0.2) is 0 Å². The standard InChI is InChI=1S/C25H42O4/c1-22(26)15-10-7-5-3-2-4-6-8-13-18-24(19-14-20-25(27)28)29-21-23-16-11-9-12-17-23/h9,11-12,16-17,22,24,26H,2-8,10,13-15,18-21H2,1H3,(H,27,28). The molecule has 0 bridgehead atoms. The fraction of sp³-hybridized carbons (Fsp3) is 0.720. The molecule has 0 aliphatic rings. The highest BCUT2D eigenvalue weighted by atomic mass is 16.5. The van der Waals surface area contributed by atoms with E-state index < -0.39 is 5.97 Å². The number of aliphatic hydroxyl groups excluding tert-OH is 1. The number of unbranched alkanes of at least 4 members (excludes halogenated alkanes) is 8. The lowest BCUT2D eigenvalue weighted by molar-refractivity contribution is -0.137. The van der Waals surface area contributed by atoms with Crippen LogP contribution in [0.4, 0.5) is 0 Å². The van der Waals surface area contributed by atoms with Crippen molar-refractivity contribution in [3.8, 4) is 0 Å². The molecule has 166 valence electrons. The van der Waals surface area contributed by atoms with E-state index in [-0.39, 0.29) is 18.6 Å². The van der Waals surface area contributed by atoms with Crippen molar-refractivity contribution in [2.24, 2.45) is 0 Å². The van der Waals surface area contributed by atoms with E-state index >= 15 is 0 Å². The maximum Gasteiger partial charge on any atom is 0.303 e. The van der Waals surface area contributed by atoms with Gasteiger partial charge in [0.1, 0.15) is 0 Å². The Labute approximate surface area is 177 Å². The normalized spacial score (nSPS) is 13.3. The molecule has 0 saturated carbocycles. The van der Waals surface area contributed by atoms with Crippen LogP contribution in [0.2, 0.25) is 0 Å². The van der Waals surface area contributed by atoms with Gasteiger partial charge in [-0.05, 0) is 38.2 Å². The summed E-state index contributed by atoms with van der Waals surface area (Å²) >= 11 is 0. The van der Waals surface area contributed by atoms with E-state index in [1.54, 1.807) is 0 Å². The van der Waals surface area contributed by atoms with Crippen LogP contribution < -0.4 is 0 Å². The number of ether oxygens (including phenoxy) is 1. The molecule has 1 aromatic rings. The van der Waals surface area contributed by atoms with E-state index in [0.717, 1.165) is 32.1 Å². The van der Waals surface area contributed by atoms with E-state index in [1.165, 1.54) is 50.5 Å². The van der Waals surface area contributed by atoms with Gasteiger partial charge in [0.25, 0.3) is 0 Å². The second-order valence-corrected chi connectivity index (χ2v) is 8.31. The Hall–Kier alpha value is -1.39. The van der Waals surface area contributed by atoms with Crippen LogP contribution in [0.1, 0.15) is 102 Å². The van der Waals surface area contributed by atoms with Crippen LogP contribution in [0.3, 0.4) is 0 Å². The summed E-state index contributed by atoms with van der Waals surface area (Å²) in [6.07, 6.45) is 14.9. The minimum Gasteiger partial charge on any atom is -0.481 e. The van der Waals surface area contributed by atoms with Gasteiger partial charge in [-0.1, -0.05) is 88.1 Å². The smallest absolute Gasteiger partial charge is 0.303 e. The Kier molecular flexibility index (Phi) is 15.4. The third kappa shape index (κ3) is 16.1. The number of carbonyl (C=O) groups is 1. The molecule has 4 nitrogen and oxygen atoms in total. The van der Waals surface area contributed by atoms with Gasteiger partial charge in [0.2, 0.25) is 0 Å². The zero-order valence-corrected chi connectivity index (χ0v) is 18.4. The summed E-state index contributed by atoms with van der Waals surface area (Å²) in [4.78, 5) is 10.8. The highest BCUT2D eigenvalue weighted by molar-refractivity contribution is 5.66. The van der Waals surface area contributed by atoms with Crippen LogP contribution in [-0.4, -0.2) is 28.4 Å². The molecule has 0 aromatic heterocycles. The topological polar surface area (TPSA) is 66.8 Å². The van der Waals surface area contributed by atoms with Crippen LogP contribution in [0, 0.1) is 0 Å². The Bertz CT molecular complexity index is 501. The highest BCUT2D eigenvalue weighted by Gasteiger charge is 2.10. The molecule has 2 atom stereocenters. The number of hydrogen-bond acceptors (Lipinski definition) is 3. The molecule has 0 amide bonds. The maximum absolute atomic E-state index is 10.8. The molecule has 0 heterocycles. The molecule has 0 radical (unpaired) electrons. The fourth-order valence-corrected chi connectivity index (χ4v) is 3.63. The summed E-state index contributed by atoms with van der Waals surface area (Å²) in [6.45, 7) is 2.47. The molecule has 0 aliphatic carbocycles. The van der Waals surface area contributed by atoms with Crippen LogP contribution in [0.15, 0.2) is 30.3 Å². The summed E-state index contributed by atoms with van der Waals surface area (Å²) < 4.78 is 6.10. The van der Waals surface area contributed by atoms with E-state index in [2.05, 4.69) is 12.1 Å². The van der Waals surface area contributed by atoms with Crippen LogP contribution in [-0.2, 0) is 16.1 Å². The van der Waals surface area contributed by atoms with Crippen molar-refractivity contribution in [3.63, 3.8) is 0 Å². The predicted molar refractivity (Wildman–Crippen MR) is 119 cm³/mol. The van der Waals surface area contributed by atoms with Gasteiger partial charge < -0.3 is 14.9 Å². The van der Waals surface area contributed by atoms with Crippen LogP contribution in [0.5, 0.6) is 0 Å². The van der Waals surface area contributed by atoms with E-state index in [0.29, 0.717) is 13.0 Å². The molecular formula is C25H42O4. The molecule has 0 spiro atoms. The lowest BCUT2D eigenvalue weighted by Gasteiger charge is -2.18. The van der Waals surface area contributed by atoms with E-state index in [1.807, 2.05) is 25.1 Å². The number of aliphatic hydroxyl groups is 1. The average molecular weight is 407 g/mol. The molecule has 0 fully saturated rings. The Morgan fingerprint density at radius 3 is 1.90 bits per heavy atom. The fourth-order valence-electron chi connectivity index (χ4n) is 3.63. The third-order valence-electron chi connectivity index (χ3n) is 5.39. The van der Waals surface area contributed by atoms with E-state index in [4.69, 9.17) is 9.84 Å². The second-order valence-electron chi connectivity index (χ2n) is 8.31. The van der Waals surface area contributed by atoms with Crippen molar-refractivity contribution in [3.05, 3.63) is 35.9 Å². The van der Waals surface area contributed by atoms with Gasteiger partial charge in [-0.3, -0.25) is 4.79 Å². The minimum absolute atomic E-state index is 0.153. The Morgan fingerprint density at radius 1 is 0.828 bits per heavy atom. The van der Waals surface area contributed by atoms with Gasteiger partial charge in [-0.15, -0.1) is 0 Å². The maximum atomic E-state index is 10.8. The summed E-state index contributed by atoms with van der Waals surface area (Å²) in [6, 6.07) is 10.2. The summed E-state index contributed by atoms with van der Waals surface area (Å²) in [5, 5.41) is 18.1. The van der Waals surface area contributed by atoms with Crippen molar-refractivity contribution in [2.75, 3.05) is 0 Å². The first-order chi connectivity index (χ1) is 14.1. The molecule has 4 heteroatoms. The molecule has 0 saturated heterocycles. The third-order valence-corrected chi connectivity index (χ3v) is 5.39. The number of carboxylic acids is 1. The molecule has 0 aliphatic heterocycles. The van der Waals surface area contributed by atoms with Gasteiger partial charge >= 0.3 is 5.97 Å². The average Bonchev–Trinajstić information content (AvgIpc) is 2.70. The van der Waals surface area contributed by atoms with Crippen molar-refractivity contribution in [1.82, 2.24) is 0 Å². The summed E-state index contributed by atoms with van der Waals surface area (Å²) in [5.41, 5.74) is 1.17. The Balaban J connectivity index is 2.10. The zero-order chi connectivity index (χ0) is 21.2. The summed E-state index contributed by atoms with van der Waals surface area (Å²) in [5.74, 6) is -0.724. The molecular weight excluding hydrogens is 364 g/mol. The number of rotatable bonds is 19. The molecule has 1 rings (SSSR count). The largest absolute Gasteiger partial charge is 0.481 e.